The lowest BCUT2D eigenvalue weighted by Crippen LogP contribution is -2.37. The number of nitrogens with zero attached hydrogens (tertiary/aromatic N) is 3. The zero-order valence-electron chi connectivity index (χ0n) is 13.7. The van der Waals surface area contributed by atoms with Crippen LogP contribution in [0.3, 0.4) is 0 Å². The number of nitrogens with two attached hydrogens (primary N) is 1. The molecule has 4 nitrogen and oxygen atoms in total. The molecular weight excluding hydrogens is 363 g/mol. The third-order valence-electron chi connectivity index (χ3n) is 4.29. The van der Waals surface area contributed by atoms with Gasteiger partial charge in [0.15, 0.2) is 5.82 Å². The molecule has 2 aromatic rings. The Bertz CT molecular complexity index is 741. The Morgan fingerprint density at radius 2 is 1.92 bits per heavy atom. The topological polar surface area (TPSA) is 55.0 Å². The molecule has 1 aromatic carbocycles. The van der Waals surface area contributed by atoms with Crippen LogP contribution in [0.4, 0.5) is 11.6 Å². The van der Waals surface area contributed by atoms with Crippen molar-refractivity contribution in [1.29, 1.82) is 0 Å². The van der Waals surface area contributed by atoms with Gasteiger partial charge in [-0.1, -0.05) is 48.8 Å². The lowest BCUT2D eigenvalue weighted by molar-refractivity contribution is 0.279. The Kier molecular flexibility index (Phi) is 5.13. The van der Waals surface area contributed by atoms with E-state index in [-0.39, 0.29) is 0 Å². The van der Waals surface area contributed by atoms with Gasteiger partial charge in [0.2, 0.25) is 0 Å². The highest BCUT2D eigenvalue weighted by molar-refractivity contribution is 7.99. The minimum Gasteiger partial charge on any atom is -0.381 e. The fourth-order valence-corrected chi connectivity index (χ4v) is 3.90. The summed E-state index contributed by atoms with van der Waals surface area (Å²) < 4.78 is 0. The summed E-state index contributed by atoms with van der Waals surface area (Å²) in [7, 11) is 0. The maximum atomic E-state index is 6.20. The summed E-state index contributed by atoms with van der Waals surface area (Å²) in [5.41, 5.74) is 6.52. The van der Waals surface area contributed by atoms with E-state index in [4.69, 9.17) is 28.9 Å². The summed E-state index contributed by atoms with van der Waals surface area (Å²) >= 11 is 13.6. The van der Waals surface area contributed by atoms with E-state index in [1.165, 1.54) is 11.8 Å². The van der Waals surface area contributed by atoms with E-state index in [9.17, 15) is 0 Å². The summed E-state index contributed by atoms with van der Waals surface area (Å²) in [5, 5.41) is 1.88. The second-order valence-electron chi connectivity index (χ2n) is 6.75. The molecule has 1 fully saturated rings. The average Bonchev–Trinajstić information content (AvgIpc) is 2.53. The van der Waals surface area contributed by atoms with Crippen molar-refractivity contribution in [3.8, 4) is 0 Å². The predicted octanol–water partition coefficient (Wildman–Crippen LogP) is 5.14. The van der Waals surface area contributed by atoms with E-state index in [1.54, 1.807) is 24.4 Å². The minimum atomic E-state index is 0.397. The molecule has 2 heterocycles. The molecule has 0 atom stereocenters. The van der Waals surface area contributed by atoms with Gasteiger partial charge in [-0.05, 0) is 36.5 Å². The number of hydrogen-bond donors (Lipinski definition) is 1. The molecule has 0 bridgehead atoms. The van der Waals surface area contributed by atoms with Gasteiger partial charge in [-0.3, -0.25) is 0 Å². The number of benzene rings is 1. The Morgan fingerprint density at radius 1 is 1.21 bits per heavy atom. The van der Waals surface area contributed by atoms with Crippen LogP contribution in [0.15, 0.2) is 34.3 Å². The third kappa shape index (κ3) is 4.08. The van der Waals surface area contributed by atoms with Crippen molar-refractivity contribution >= 4 is 46.6 Å². The van der Waals surface area contributed by atoms with Gasteiger partial charge in [0.05, 0.1) is 11.2 Å². The number of halogens is 2. The van der Waals surface area contributed by atoms with Gasteiger partial charge in [0.1, 0.15) is 10.8 Å². The first-order valence-electron chi connectivity index (χ1n) is 7.84. The smallest absolute Gasteiger partial charge is 0.158 e. The van der Waals surface area contributed by atoms with Gasteiger partial charge in [-0.25, -0.2) is 9.97 Å². The number of hydrogen-bond acceptors (Lipinski definition) is 5. The zero-order valence-corrected chi connectivity index (χ0v) is 16.0. The van der Waals surface area contributed by atoms with Crippen molar-refractivity contribution in [1.82, 2.24) is 9.97 Å². The summed E-state index contributed by atoms with van der Waals surface area (Å²) in [4.78, 5) is 12.1. The van der Waals surface area contributed by atoms with Gasteiger partial charge in [0.25, 0.3) is 0 Å². The van der Waals surface area contributed by atoms with Crippen LogP contribution in [0.1, 0.15) is 26.7 Å². The number of piperidine rings is 1. The summed E-state index contributed by atoms with van der Waals surface area (Å²) in [6.07, 6.45) is 4.07. The predicted molar refractivity (Wildman–Crippen MR) is 102 cm³/mol. The second-order valence-corrected chi connectivity index (χ2v) is 8.62. The maximum Gasteiger partial charge on any atom is 0.158 e. The molecule has 2 N–H and O–H groups in total. The van der Waals surface area contributed by atoms with Crippen LogP contribution < -0.4 is 10.6 Å². The highest BCUT2D eigenvalue weighted by atomic mass is 35.5. The van der Waals surface area contributed by atoms with E-state index in [0.29, 0.717) is 26.3 Å². The fraction of sp³-hybridized carbons (Fsp3) is 0.412. The van der Waals surface area contributed by atoms with Gasteiger partial charge >= 0.3 is 0 Å². The molecule has 0 amide bonds. The molecular formula is C17H20Cl2N4S. The highest BCUT2D eigenvalue weighted by Crippen LogP contribution is 2.37. The van der Waals surface area contributed by atoms with Crippen molar-refractivity contribution in [3.63, 3.8) is 0 Å². The first-order chi connectivity index (χ1) is 11.3. The second kappa shape index (κ2) is 6.98. The van der Waals surface area contributed by atoms with Crippen molar-refractivity contribution < 1.29 is 0 Å². The van der Waals surface area contributed by atoms with E-state index < -0.39 is 0 Å². The van der Waals surface area contributed by atoms with E-state index in [1.807, 2.05) is 0 Å². The monoisotopic (exact) mass is 382 g/mol. The van der Waals surface area contributed by atoms with Crippen LogP contribution >= 0.6 is 35.0 Å². The molecule has 0 radical (unpaired) electrons. The molecule has 1 aliphatic heterocycles. The average molecular weight is 383 g/mol. The molecule has 1 aliphatic rings. The molecule has 128 valence electrons. The SMILES string of the molecule is CC1(C)CCN(c2cnc(Sc3cc(Cl)ccc3Cl)c(N)n2)CC1. The van der Waals surface area contributed by atoms with Crippen LogP contribution in [-0.2, 0) is 0 Å². The molecule has 1 aromatic heterocycles. The minimum absolute atomic E-state index is 0.397. The normalized spacial score (nSPS) is 17.1. The summed E-state index contributed by atoms with van der Waals surface area (Å²) in [5.74, 6) is 1.25. The van der Waals surface area contributed by atoms with Crippen molar-refractivity contribution in [3.05, 3.63) is 34.4 Å². The first-order valence-corrected chi connectivity index (χ1v) is 9.42. The van der Waals surface area contributed by atoms with Crippen LogP contribution in [0.5, 0.6) is 0 Å². The maximum absolute atomic E-state index is 6.20. The standard InChI is InChI=1S/C17H20Cl2N4S/c1-17(2)5-7-23(8-6-17)14-10-21-16(15(20)22-14)24-13-9-11(18)3-4-12(13)19/h3-4,9-10H,5-8H2,1-2H3,(H2,20,22). The Labute approximate surface area is 156 Å². The highest BCUT2D eigenvalue weighted by Gasteiger charge is 2.26. The molecule has 0 spiro atoms. The van der Waals surface area contributed by atoms with Crippen LogP contribution in [-0.4, -0.2) is 23.1 Å². The largest absolute Gasteiger partial charge is 0.381 e. The van der Waals surface area contributed by atoms with E-state index >= 15 is 0 Å². The number of nitrogen functional groups attached to an aromatic ring is 1. The van der Waals surface area contributed by atoms with Crippen molar-refractivity contribution in [2.75, 3.05) is 23.7 Å². The van der Waals surface area contributed by atoms with Gasteiger partial charge in [-0.15, -0.1) is 0 Å². The van der Waals surface area contributed by atoms with Gasteiger partial charge in [0, 0.05) is 23.0 Å². The quantitative estimate of drug-likeness (QED) is 0.795. The van der Waals surface area contributed by atoms with Gasteiger partial charge in [-0.2, -0.15) is 0 Å². The number of anilines is 2. The number of rotatable bonds is 3. The van der Waals surface area contributed by atoms with E-state index in [0.717, 1.165) is 36.6 Å². The fourth-order valence-electron chi connectivity index (χ4n) is 2.61. The molecule has 24 heavy (non-hydrogen) atoms. The molecule has 1 saturated heterocycles. The lowest BCUT2D eigenvalue weighted by Gasteiger charge is -2.37. The summed E-state index contributed by atoms with van der Waals surface area (Å²) in [6.45, 7) is 6.57. The summed E-state index contributed by atoms with van der Waals surface area (Å²) in [6, 6.07) is 5.32. The van der Waals surface area contributed by atoms with Crippen molar-refractivity contribution in [2.24, 2.45) is 5.41 Å². The Hall–Kier alpha value is -1.17. The van der Waals surface area contributed by atoms with Gasteiger partial charge < -0.3 is 10.6 Å². The van der Waals surface area contributed by atoms with Crippen molar-refractivity contribution in [2.45, 2.75) is 36.6 Å². The molecule has 0 saturated carbocycles. The molecule has 0 aliphatic carbocycles. The first kappa shape index (κ1) is 17.6. The van der Waals surface area contributed by atoms with Crippen LogP contribution in [0.2, 0.25) is 10.0 Å². The lowest BCUT2D eigenvalue weighted by atomic mass is 9.83. The zero-order chi connectivity index (χ0) is 17.3. The molecule has 7 heteroatoms. The third-order valence-corrected chi connectivity index (χ3v) is 6.03. The number of aromatic nitrogens is 2. The van der Waals surface area contributed by atoms with E-state index in [2.05, 4.69) is 28.7 Å². The van der Waals surface area contributed by atoms with Crippen LogP contribution in [0, 0.1) is 5.41 Å². The Balaban J connectivity index is 1.77. The van der Waals surface area contributed by atoms with Crippen LogP contribution in [0.25, 0.3) is 0 Å². The molecule has 3 rings (SSSR count). The molecule has 0 unspecified atom stereocenters. The Morgan fingerprint density at radius 3 is 2.58 bits per heavy atom.